The summed E-state index contributed by atoms with van der Waals surface area (Å²) in [5, 5.41) is 12.9. The van der Waals surface area contributed by atoms with E-state index in [4.69, 9.17) is 4.74 Å². The second kappa shape index (κ2) is 7.28. The molecule has 0 bridgehead atoms. The molecule has 3 heteroatoms. The Morgan fingerprint density at radius 3 is 2.67 bits per heavy atom. The Balaban J connectivity index is 1.97. The standard InChI is InChI=1S/C18H29NO2/c1-4-19-18(3,13-20)12-14(2)21-17-10-9-15-7-5-6-8-16(15)11-17/h9-11,14,19-20H,4-8,12-13H2,1-3H3. The maximum absolute atomic E-state index is 9.57. The van der Waals surface area contributed by atoms with Gasteiger partial charge in [0.2, 0.25) is 0 Å². The summed E-state index contributed by atoms with van der Waals surface area (Å²) in [6, 6.07) is 6.50. The summed E-state index contributed by atoms with van der Waals surface area (Å²) < 4.78 is 6.07. The first-order chi connectivity index (χ1) is 10.1. The highest BCUT2D eigenvalue weighted by Gasteiger charge is 2.25. The summed E-state index contributed by atoms with van der Waals surface area (Å²) in [6.07, 6.45) is 5.83. The molecule has 118 valence electrons. The van der Waals surface area contributed by atoms with Gasteiger partial charge in [-0.15, -0.1) is 0 Å². The summed E-state index contributed by atoms with van der Waals surface area (Å²) in [5.74, 6) is 0.958. The van der Waals surface area contributed by atoms with Crippen LogP contribution in [0.5, 0.6) is 5.75 Å². The molecule has 1 aromatic carbocycles. The van der Waals surface area contributed by atoms with Gasteiger partial charge in [-0.3, -0.25) is 0 Å². The molecule has 0 aromatic heterocycles. The van der Waals surface area contributed by atoms with Crippen molar-refractivity contribution in [2.24, 2.45) is 0 Å². The van der Waals surface area contributed by atoms with E-state index in [0.717, 1.165) is 18.7 Å². The third-order valence-corrected chi connectivity index (χ3v) is 4.35. The summed E-state index contributed by atoms with van der Waals surface area (Å²) in [7, 11) is 0. The molecule has 0 fully saturated rings. The van der Waals surface area contributed by atoms with E-state index in [1.807, 2.05) is 6.92 Å². The summed E-state index contributed by atoms with van der Waals surface area (Å²) in [5.41, 5.74) is 2.65. The van der Waals surface area contributed by atoms with Crippen molar-refractivity contribution in [1.82, 2.24) is 5.32 Å². The van der Waals surface area contributed by atoms with Gasteiger partial charge < -0.3 is 15.2 Å². The number of ether oxygens (including phenoxy) is 1. The average Bonchev–Trinajstić information content (AvgIpc) is 2.47. The van der Waals surface area contributed by atoms with Crippen LogP contribution in [0.2, 0.25) is 0 Å². The fourth-order valence-corrected chi connectivity index (χ4v) is 3.31. The smallest absolute Gasteiger partial charge is 0.119 e. The van der Waals surface area contributed by atoms with E-state index < -0.39 is 0 Å². The lowest BCUT2D eigenvalue weighted by atomic mass is 9.91. The van der Waals surface area contributed by atoms with Gasteiger partial charge in [-0.1, -0.05) is 13.0 Å². The maximum Gasteiger partial charge on any atom is 0.119 e. The van der Waals surface area contributed by atoms with Gasteiger partial charge in [0.1, 0.15) is 5.75 Å². The Morgan fingerprint density at radius 2 is 2.00 bits per heavy atom. The quantitative estimate of drug-likeness (QED) is 0.811. The van der Waals surface area contributed by atoms with Gasteiger partial charge >= 0.3 is 0 Å². The maximum atomic E-state index is 9.57. The number of aliphatic hydroxyl groups excluding tert-OH is 1. The van der Waals surface area contributed by atoms with Crippen molar-refractivity contribution in [3.63, 3.8) is 0 Å². The van der Waals surface area contributed by atoms with Crippen LogP contribution in [-0.4, -0.2) is 29.9 Å². The predicted octanol–water partition coefficient (Wildman–Crippen LogP) is 3.08. The van der Waals surface area contributed by atoms with Crippen molar-refractivity contribution >= 4 is 0 Å². The van der Waals surface area contributed by atoms with Crippen LogP contribution in [0.3, 0.4) is 0 Å². The summed E-state index contributed by atoms with van der Waals surface area (Å²) >= 11 is 0. The van der Waals surface area contributed by atoms with Crippen LogP contribution in [0.1, 0.15) is 51.2 Å². The molecule has 0 aliphatic heterocycles. The molecule has 2 N–H and O–H groups in total. The van der Waals surface area contributed by atoms with Crippen LogP contribution in [0.4, 0.5) is 0 Å². The number of rotatable bonds is 7. The molecule has 2 rings (SSSR count). The number of fused-ring (bicyclic) bond motifs is 1. The summed E-state index contributed by atoms with van der Waals surface area (Å²) in [4.78, 5) is 0. The molecule has 3 nitrogen and oxygen atoms in total. The number of benzene rings is 1. The first-order valence-corrected chi connectivity index (χ1v) is 8.20. The zero-order valence-electron chi connectivity index (χ0n) is 13.6. The Hall–Kier alpha value is -1.06. The molecule has 0 spiro atoms. The van der Waals surface area contributed by atoms with Crippen LogP contribution in [0, 0.1) is 0 Å². The van der Waals surface area contributed by atoms with Crippen LogP contribution in [0.25, 0.3) is 0 Å². The predicted molar refractivity (Wildman–Crippen MR) is 87.0 cm³/mol. The zero-order chi connectivity index (χ0) is 15.3. The number of hydrogen-bond donors (Lipinski definition) is 2. The van der Waals surface area contributed by atoms with Crippen molar-refractivity contribution in [2.45, 2.75) is 64.5 Å². The van der Waals surface area contributed by atoms with E-state index in [9.17, 15) is 5.11 Å². The van der Waals surface area contributed by atoms with Gasteiger partial charge in [0.15, 0.2) is 0 Å². The molecule has 2 unspecified atom stereocenters. The van der Waals surface area contributed by atoms with Crippen molar-refractivity contribution in [3.05, 3.63) is 29.3 Å². The number of aliphatic hydroxyl groups is 1. The second-order valence-electron chi connectivity index (χ2n) is 6.52. The molecule has 0 saturated carbocycles. The highest BCUT2D eigenvalue weighted by atomic mass is 16.5. The summed E-state index contributed by atoms with van der Waals surface area (Å²) in [6.45, 7) is 7.15. The fraction of sp³-hybridized carbons (Fsp3) is 0.667. The molecular formula is C18H29NO2. The molecule has 1 aliphatic rings. The SMILES string of the molecule is CCNC(C)(CO)CC(C)Oc1ccc2c(c1)CCCC2. The lowest BCUT2D eigenvalue weighted by molar-refractivity contribution is 0.111. The molecule has 0 saturated heterocycles. The van der Waals surface area contributed by atoms with Crippen LogP contribution in [0.15, 0.2) is 18.2 Å². The number of likely N-dealkylation sites (N-methyl/N-ethyl adjacent to an activating group) is 1. The normalized spacial score (nSPS) is 18.7. The van der Waals surface area contributed by atoms with Crippen molar-refractivity contribution in [3.8, 4) is 5.75 Å². The third-order valence-electron chi connectivity index (χ3n) is 4.35. The van der Waals surface area contributed by atoms with E-state index >= 15 is 0 Å². The number of hydrogen-bond acceptors (Lipinski definition) is 3. The van der Waals surface area contributed by atoms with E-state index in [-0.39, 0.29) is 18.2 Å². The fourth-order valence-electron chi connectivity index (χ4n) is 3.31. The Morgan fingerprint density at radius 1 is 1.29 bits per heavy atom. The van der Waals surface area contributed by atoms with E-state index in [0.29, 0.717) is 0 Å². The molecule has 1 aliphatic carbocycles. The third kappa shape index (κ3) is 4.45. The van der Waals surface area contributed by atoms with Crippen LogP contribution >= 0.6 is 0 Å². The largest absolute Gasteiger partial charge is 0.491 e. The Bertz CT molecular complexity index is 461. The molecular weight excluding hydrogens is 262 g/mol. The van der Waals surface area contributed by atoms with Crippen molar-refractivity contribution < 1.29 is 9.84 Å². The second-order valence-corrected chi connectivity index (χ2v) is 6.52. The Labute approximate surface area is 128 Å². The van der Waals surface area contributed by atoms with Gasteiger partial charge in [0, 0.05) is 12.0 Å². The number of aryl methyl sites for hydroxylation is 2. The molecule has 1 aromatic rings. The Kier molecular flexibility index (Phi) is 5.65. The minimum atomic E-state index is -0.275. The lowest BCUT2D eigenvalue weighted by Gasteiger charge is -2.31. The monoisotopic (exact) mass is 291 g/mol. The average molecular weight is 291 g/mol. The first kappa shape index (κ1) is 16.3. The number of nitrogens with one attached hydrogen (secondary N) is 1. The van der Waals surface area contributed by atoms with Crippen LogP contribution < -0.4 is 10.1 Å². The van der Waals surface area contributed by atoms with Crippen molar-refractivity contribution in [2.75, 3.05) is 13.2 Å². The van der Waals surface area contributed by atoms with Gasteiger partial charge in [0.05, 0.1) is 12.7 Å². The van der Waals surface area contributed by atoms with Gasteiger partial charge in [-0.05, 0) is 69.3 Å². The zero-order valence-corrected chi connectivity index (χ0v) is 13.6. The molecule has 2 atom stereocenters. The highest BCUT2D eigenvalue weighted by molar-refractivity contribution is 5.37. The first-order valence-electron chi connectivity index (χ1n) is 8.20. The minimum absolute atomic E-state index is 0.0721. The molecule has 0 radical (unpaired) electrons. The highest BCUT2D eigenvalue weighted by Crippen LogP contribution is 2.26. The minimum Gasteiger partial charge on any atom is -0.491 e. The topological polar surface area (TPSA) is 41.5 Å². The van der Waals surface area contributed by atoms with E-state index in [1.165, 1.54) is 36.8 Å². The lowest BCUT2D eigenvalue weighted by Crippen LogP contribution is -2.48. The molecule has 0 heterocycles. The molecule has 21 heavy (non-hydrogen) atoms. The van der Waals surface area contributed by atoms with Gasteiger partial charge in [-0.25, -0.2) is 0 Å². The van der Waals surface area contributed by atoms with Gasteiger partial charge in [-0.2, -0.15) is 0 Å². The molecule has 0 amide bonds. The van der Waals surface area contributed by atoms with E-state index in [2.05, 4.69) is 37.4 Å². The van der Waals surface area contributed by atoms with Gasteiger partial charge in [0.25, 0.3) is 0 Å². The van der Waals surface area contributed by atoms with E-state index in [1.54, 1.807) is 0 Å². The van der Waals surface area contributed by atoms with Crippen LogP contribution in [-0.2, 0) is 12.8 Å². The van der Waals surface area contributed by atoms with Crippen molar-refractivity contribution in [1.29, 1.82) is 0 Å².